The number of carbonyl (C=O) groups excluding carboxylic acids is 2. The number of rotatable bonds is 7. The first-order chi connectivity index (χ1) is 14.4. The molecule has 0 unspecified atom stereocenters. The zero-order chi connectivity index (χ0) is 21.7. The maximum atomic E-state index is 12.4. The van der Waals surface area contributed by atoms with Crippen LogP contribution in [0.25, 0.3) is 0 Å². The molecule has 0 bridgehead atoms. The van der Waals surface area contributed by atoms with E-state index < -0.39 is 18.5 Å². The fraction of sp³-hybridized carbons (Fsp3) is 0.409. The fourth-order valence-corrected chi connectivity index (χ4v) is 3.95. The molecule has 8 heteroatoms. The smallest absolute Gasteiger partial charge is 0.344 e. The second kappa shape index (κ2) is 9.68. The summed E-state index contributed by atoms with van der Waals surface area (Å²) in [5.74, 6) is -0.356. The Labute approximate surface area is 180 Å². The number of nitrogens with zero attached hydrogens (tertiary/aromatic N) is 2. The molecule has 30 heavy (non-hydrogen) atoms. The second-order valence-corrected chi connectivity index (χ2v) is 7.69. The third kappa shape index (κ3) is 4.77. The van der Waals surface area contributed by atoms with Crippen molar-refractivity contribution in [1.82, 2.24) is 4.57 Å². The molecule has 158 valence electrons. The maximum Gasteiger partial charge on any atom is 0.344 e. The number of anilines is 1. The van der Waals surface area contributed by atoms with E-state index in [2.05, 4.69) is 11.4 Å². The molecule has 3 rings (SSSR count). The van der Waals surface area contributed by atoms with E-state index >= 15 is 0 Å². The van der Waals surface area contributed by atoms with E-state index in [-0.39, 0.29) is 12.6 Å². The van der Waals surface area contributed by atoms with Crippen molar-refractivity contribution < 1.29 is 19.1 Å². The number of esters is 1. The Morgan fingerprint density at radius 3 is 2.60 bits per heavy atom. The summed E-state index contributed by atoms with van der Waals surface area (Å²) in [5, 5.41) is 12.7. The van der Waals surface area contributed by atoms with Gasteiger partial charge in [-0.25, -0.2) is 4.79 Å². The summed E-state index contributed by atoms with van der Waals surface area (Å²) in [6.07, 6.45) is 4.27. The predicted octanol–water partition coefficient (Wildman–Crippen LogP) is 4.31. The Balaban J connectivity index is 1.61. The van der Waals surface area contributed by atoms with Gasteiger partial charge in [0.05, 0.1) is 10.6 Å². The summed E-state index contributed by atoms with van der Waals surface area (Å²) in [4.78, 5) is 24.3. The molecule has 1 aliphatic carbocycles. The van der Waals surface area contributed by atoms with Gasteiger partial charge in [0.15, 0.2) is 13.2 Å². The summed E-state index contributed by atoms with van der Waals surface area (Å²) in [6, 6.07) is 9.20. The van der Waals surface area contributed by atoms with Crippen molar-refractivity contribution >= 4 is 29.3 Å². The molecule has 0 atom stereocenters. The number of hydrogen-bond acceptors (Lipinski definition) is 5. The van der Waals surface area contributed by atoms with Gasteiger partial charge in [-0.15, -0.1) is 0 Å². The van der Waals surface area contributed by atoms with Crippen molar-refractivity contribution in [1.29, 1.82) is 5.26 Å². The van der Waals surface area contributed by atoms with Crippen LogP contribution in [0.2, 0.25) is 5.02 Å². The van der Waals surface area contributed by atoms with Gasteiger partial charge in [-0.05, 0) is 44.4 Å². The molecule has 1 N–H and O–H groups in total. The highest BCUT2D eigenvalue weighted by molar-refractivity contribution is 6.32. The fourth-order valence-electron chi connectivity index (χ4n) is 3.76. The van der Waals surface area contributed by atoms with Gasteiger partial charge in [0.1, 0.15) is 17.6 Å². The van der Waals surface area contributed by atoms with E-state index in [1.807, 2.05) is 18.4 Å². The highest BCUT2D eigenvalue weighted by Crippen LogP contribution is 2.37. The molecule has 7 nitrogen and oxygen atoms in total. The van der Waals surface area contributed by atoms with Crippen LogP contribution in [0.4, 0.5) is 5.82 Å². The molecule has 1 aliphatic rings. The zero-order valence-electron chi connectivity index (χ0n) is 17.0. The number of ether oxygens (including phenoxy) is 2. The molecule has 0 spiro atoms. The van der Waals surface area contributed by atoms with Gasteiger partial charge < -0.3 is 19.4 Å². The average molecular weight is 430 g/mol. The Kier molecular flexibility index (Phi) is 7.01. The molecule has 2 aromatic rings. The monoisotopic (exact) mass is 429 g/mol. The van der Waals surface area contributed by atoms with E-state index in [0.29, 0.717) is 22.2 Å². The third-order valence-corrected chi connectivity index (χ3v) is 5.67. The van der Waals surface area contributed by atoms with E-state index in [1.54, 1.807) is 24.3 Å². The van der Waals surface area contributed by atoms with E-state index in [0.717, 1.165) is 36.9 Å². The minimum absolute atomic E-state index is 0.257. The zero-order valence-corrected chi connectivity index (χ0v) is 17.8. The molecule has 1 fully saturated rings. The predicted molar refractivity (Wildman–Crippen MR) is 113 cm³/mol. The van der Waals surface area contributed by atoms with Crippen LogP contribution in [0, 0.1) is 25.2 Å². The Morgan fingerprint density at radius 2 is 1.93 bits per heavy atom. The van der Waals surface area contributed by atoms with Crippen molar-refractivity contribution in [2.24, 2.45) is 0 Å². The lowest BCUT2D eigenvalue weighted by Gasteiger charge is -2.19. The number of aromatic nitrogens is 1. The van der Waals surface area contributed by atoms with Crippen LogP contribution in [-0.4, -0.2) is 29.7 Å². The van der Waals surface area contributed by atoms with Crippen molar-refractivity contribution in [2.45, 2.75) is 45.6 Å². The first-order valence-electron chi connectivity index (χ1n) is 9.86. The van der Waals surface area contributed by atoms with Crippen molar-refractivity contribution in [3.05, 3.63) is 46.1 Å². The van der Waals surface area contributed by atoms with Crippen LogP contribution < -0.4 is 10.1 Å². The number of halogens is 1. The van der Waals surface area contributed by atoms with Crippen LogP contribution in [0.3, 0.4) is 0 Å². The molecular formula is C22H24ClN3O4. The molecular weight excluding hydrogens is 406 g/mol. The average Bonchev–Trinajstić information content (AvgIpc) is 3.33. The summed E-state index contributed by atoms with van der Waals surface area (Å²) < 4.78 is 12.4. The lowest BCUT2D eigenvalue weighted by molar-refractivity contribution is -0.149. The van der Waals surface area contributed by atoms with Crippen LogP contribution in [0.15, 0.2) is 24.3 Å². The van der Waals surface area contributed by atoms with Crippen LogP contribution in [0.5, 0.6) is 5.75 Å². The summed E-state index contributed by atoms with van der Waals surface area (Å²) in [7, 11) is 0. The molecule has 0 aliphatic heterocycles. The van der Waals surface area contributed by atoms with Gasteiger partial charge in [0.25, 0.3) is 5.91 Å². The number of nitriles is 1. The van der Waals surface area contributed by atoms with E-state index in [1.165, 1.54) is 0 Å². The number of hydrogen-bond donors (Lipinski definition) is 1. The summed E-state index contributed by atoms with van der Waals surface area (Å²) in [5.41, 5.74) is 2.27. The second-order valence-electron chi connectivity index (χ2n) is 7.28. The SMILES string of the molecule is Cc1c(C#N)c(NC(=O)COC(=O)COc2ccccc2Cl)n(C2CCCC2)c1C. The summed E-state index contributed by atoms with van der Waals surface area (Å²) >= 11 is 5.97. The van der Waals surface area contributed by atoms with Crippen LogP contribution >= 0.6 is 11.6 Å². The Bertz CT molecular complexity index is 987. The quantitative estimate of drug-likeness (QED) is 0.662. The first kappa shape index (κ1) is 21.7. The van der Waals surface area contributed by atoms with Gasteiger partial charge >= 0.3 is 5.97 Å². The normalized spacial score (nSPS) is 13.7. The van der Waals surface area contributed by atoms with Crippen molar-refractivity contribution in [3.8, 4) is 11.8 Å². The molecule has 0 saturated heterocycles. The topological polar surface area (TPSA) is 93.3 Å². The van der Waals surface area contributed by atoms with E-state index in [9.17, 15) is 14.9 Å². The molecule has 1 saturated carbocycles. The highest BCUT2D eigenvalue weighted by Gasteiger charge is 2.26. The van der Waals surface area contributed by atoms with Gasteiger partial charge in [-0.1, -0.05) is 36.6 Å². The van der Waals surface area contributed by atoms with Gasteiger partial charge in [0, 0.05) is 11.7 Å². The maximum absolute atomic E-state index is 12.4. The van der Waals surface area contributed by atoms with Crippen molar-refractivity contribution in [3.63, 3.8) is 0 Å². The lowest BCUT2D eigenvalue weighted by Crippen LogP contribution is -2.25. The largest absolute Gasteiger partial charge is 0.480 e. The number of amides is 1. The third-order valence-electron chi connectivity index (χ3n) is 5.36. The van der Waals surface area contributed by atoms with Gasteiger partial charge in [0.2, 0.25) is 0 Å². The molecule has 1 aromatic heterocycles. The first-order valence-corrected chi connectivity index (χ1v) is 10.2. The Hall–Kier alpha value is -2.98. The number of benzene rings is 1. The lowest BCUT2D eigenvalue weighted by atomic mass is 10.2. The minimum Gasteiger partial charge on any atom is -0.480 e. The van der Waals surface area contributed by atoms with Gasteiger partial charge in [-0.2, -0.15) is 5.26 Å². The van der Waals surface area contributed by atoms with Gasteiger partial charge in [-0.3, -0.25) is 4.79 Å². The molecule has 1 aromatic carbocycles. The van der Waals surface area contributed by atoms with Crippen molar-refractivity contribution in [2.75, 3.05) is 18.5 Å². The number of para-hydroxylation sites is 1. The Morgan fingerprint density at radius 1 is 1.23 bits per heavy atom. The standard InChI is InChI=1S/C22H24ClN3O4/c1-14-15(2)26(16-7-3-4-8-16)22(17(14)11-24)25-20(27)12-30-21(28)13-29-19-10-6-5-9-18(19)23/h5-6,9-10,16H,3-4,7-8,12-13H2,1-2H3,(H,25,27). The molecule has 1 amide bonds. The van der Waals surface area contributed by atoms with Crippen LogP contribution in [0.1, 0.15) is 48.5 Å². The highest BCUT2D eigenvalue weighted by atomic mass is 35.5. The number of carbonyl (C=O) groups is 2. The molecule has 0 radical (unpaired) electrons. The molecule has 1 heterocycles. The number of nitrogens with one attached hydrogen (secondary N) is 1. The summed E-state index contributed by atoms with van der Waals surface area (Å²) in [6.45, 7) is 3.00. The van der Waals surface area contributed by atoms with E-state index in [4.69, 9.17) is 21.1 Å². The minimum atomic E-state index is -0.691. The van der Waals surface area contributed by atoms with Crippen LogP contribution in [-0.2, 0) is 14.3 Å².